The highest BCUT2D eigenvalue weighted by Crippen LogP contribution is 2.49. The van der Waals surface area contributed by atoms with Crippen LogP contribution in [0.1, 0.15) is 181 Å². The number of allylic oxidation sites excluding steroid dienone is 8. The molecule has 0 bridgehead atoms. The minimum absolute atomic E-state index is 0.0290. The van der Waals surface area contributed by atoms with E-state index in [1.54, 1.807) is 0 Å². The molecule has 8 atom stereocenters. The third-order valence-corrected chi connectivity index (χ3v) is 12.4. The Hall–Kier alpha value is -2.04. The van der Waals surface area contributed by atoms with Crippen LogP contribution in [0.3, 0.4) is 0 Å². The van der Waals surface area contributed by atoms with Crippen molar-refractivity contribution in [1.82, 2.24) is 0 Å². The van der Waals surface area contributed by atoms with E-state index < -0.39 is 83.5 Å². The molecule has 0 saturated heterocycles. The molecule has 0 spiro atoms. The van der Waals surface area contributed by atoms with Crippen LogP contribution < -0.4 is 0 Å². The third kappa shape index (κ3) is 32.4. The van der Waals surface area contributed by atoms with Crippen LogP contribution in [0.5, 0.6) is 0 Å². The van der Waals surface area contributed by atoms with Crippen LogP contribution in [-0.4, -0.2) is 103 Å². The van der Waals surface area contributed by atoms with Crippen molar-refractivity contribution in [2.75, 3.05) is 13.2 Å². The number of unbranched alkanes of at least 4 members (excludes halogenated alkanes) is 18. The lowest BCUT2D eigenvalue weighted by Gasteiger charge is -2.43. The lowest BCUT2D eigenvalue weighted by atomic mass is 9.85. The average molecular weight is 967 g/mol. The zero-order chi connectivity index (χ0) is 48.2. The second-order valence-electron chi connectivity index (χ2n) is 16.8. The number of esters is 2. The number of carbonyl (C=O) groups is 2. The highest BCUT2D eigenvalue weighted by Gasteiger charge is 2.54. The summed E-state index contributed by atoms with van der Waals surface area (Å²) in [5.74, 6) is -1.27. The number of ether oxygens (including phenoxy) is 2. The van der Waals surface area contributed by atoms with Gasteiger partial charge in [0.2, 0.25) is 0 Å². The molecule has 7 N–H and O–H groups in total. The Morgan fingerprint density at radius 1 is 0.492 bits per heavy atom. The van der Waals surface area contributed by atoms with E-state index in [0.717, 1.165) is 70.6 Å². The average Bonchev–Trinajstić information content (AvgIpc) is 3.26. The highest BCUT2D eigenvalue weighted by molar-refractivity contribution is 7.47. The molecule has 5 unspecified atom stereocenters. The van der Waals surface area contributed by atoms with Gasteiger partial charge in [-0.15, -0.1) is 0 Å². The normalized spacial score (nSPS) is 22.0. The lowest BCUT2D eigenvalue weighted by Crippen LogP contribution is -2.64. The summed E-state index contributed by atoms with van der Waals surface area (Å²) >= 11 is 0. The minimum Gasteiger partial charge on any atom is -0.462 e. The van der Waals surface area contributed by atoms with Crippen LogP contribution in [-0.2, 0) is 41.8 Å². The van der Waals surface area contributed by atoms with E-state index in [1.165, 1.54) is 64.2 Å². The topological polar surface area (TPSA) is 256 Å². The van der Waals surface area contributed by atoms with Crippen molar-refractivity contribution in [3.05, 3.63) is 48.6 Å². The van der Waals surface area contributed by atoms with Crippen LogP contribution in [0.4, 0.5) is 0 Å². The summed E-state index contributed by atoms with van der Waals surface area (Å²) < 4.78 is 49.3. The summed E-state index contributed by atoms with van der Waals surface area (Å²) in [6, 6.07) is 0. The summed E-state index contributed by atoms with van der Waals surface area (Å²) in [4.78, 5) is 54.3. The first-order valence-electron chi connectivity index (χ1n) is 24.2. The summed E-state index contributed by atoms with van der Waals surface area (Å²) in [7, 11) is -10.7. The summed E-state index contributed by atoms with van der Waals surface area (Å²) in [6.45, 7) is 3.05. The van der Waals surface area contributed by atoms with E-state index in [1.807, 2.05) is 12.2 Å². The number of phosphoric ester groups is 2. The first-order chi connectivity index (χ1) is 31.1. The third-order valence-electron chi connectivity index (χ3n) is 10.9. The Bertz CT molecular complexity index is 1450. The van der Waals surface area contributed by atoms with Gasteiger partial charge in [0, 0.05) is 12.8 Å². The molecule has 1 saturated carbocycles. The van der Waals surface area contributed by atoms with E-state index in [2.05, 4.69) is 54.8 Å². The number of hydrogen-bond donors (Lipinski definition) is 7. The largest absolute Gasteiger partial charge is 0.472 e. The Labute approximate surface area is 388 Å². The standard InChI is InChI=1S/C47H84O16P2/c1-3-5-7-9-11-13-15-17-19-20-22-24-26-28-30-32-34-36-41(49)61-39(37-59-40(48)35-33-31-29-27-25-23-21-18-16-14-12-10-8-6-4-2)38-60-65(57,58)63-47-44(52)42(50)43(51)46(45(47)53)62-64(54,55)56/h14,16-17,19,22,24,28,30,39,42-47,50-53H,3-13,15,18,20-21,23,25-27,29,31-38H2,1-2H3,(H,57,58)(H2,54,55,56)/t39-,42?,43?,44?,45?,46-,47+/m1/s1. The van der Waals surface area contributed by atoms with Gasteiger partial charge in [0.25, 0.3) is 0 Å². The number of hydrogen-bond acceptors (Lipinski definition) is 13. The fourth-order valence-corrected chi connectivity index (χ4v) is 8.63. The van der Waals surface area contributed by atoms with Gasteiger partial charge in [-0.2, -0.15) is 0 Å². The monoisotopic (exact) mass is 967 g/mol. The van der Waals surface area contributed by atoms with Crippen LogP contribution in [0.15, 0.2) is 48.6 Å². The van der Waals surface area contributed by atoms with Crippen molar-refractivity contribution in [2.24, 2.45) is 0 Å². The molecule has 1 fully saturated rings. The molecule has 1 aliphatic rings. The molecule has 0 aromatic heterocycles. The maximum atomic E-state index is 13.0. The second kappa shape index (κ2) is 37.9. The first-order valence-corrected chi connectivity index (χ1v) is 27.2. The van der Waals surface area contributed by atoms with Crippen molar-refractivity contribution in [3.63, 3.8) is 0 Å². The summed E-state index contributed by atoms with van der Waals surface area (Å²) in [5.41, 5.74) is 0. The van der Waals surface area contributed by atoms with E-state index in [-0.39, 0.29) is 12.8 Å². The molecule has 1 rings (SSSR count). The van der Waals surface area contributed by atoms with E-state index in [4.69, 9.17) is 18.5 Å². The minimum atomic E-state index is -5.37. The second-order valence-corrected chi connectivity index (χ2v) is 19.4. The van der Waals surface area contributed by atoms with E-state index in [9.17, 15) is 53.8 Å². The van der Waals surface area contributed by atoms with Gasteiger partial charge in [0.05, 0.1) is 6.61 Å². The van der Waals surface area contributed by atoms with Gasteiger partial charge in [-0.3, -0.25) is 23.2 Å². The lowest BCUT2D eigenvalue weighted by molar-refractivity contribution is -0.216. The van der Waals surface area contributed by atoms with Crippen LogP contribution in [0.25, 0.3) is 0 Å². The molecule has 18 heteroatoms. The number of rotatable bonds is 40. The van der Waals surface area contributed by atoms with Crippen molar-refractivity contribution in [2.45, 2.75) is 224 Å². The molecule has 0 aromatic carbocycles. The van der Waals surface area contributed by atoms with Crippen LogP contribution in [0.2, 0.25) is 0 Å². The predicted octanol–water partition coefficient (Wildman–Crippen LogP) is 9.29. The first kappa shape index (κ1) is 61.0. The Kier molecular flexibility index (Phi) is 35.5. The zero-order valence-corrected chi connectivity index (χ0v) is 40.9. The molecule has 0 aromatic rings. The molecular formula is C47H84O16P2. The van der Waals surface area contributed by atoms with Gasteiger partial charge in [0.1, 0.15) is 43.2 Å². The van der Waals surface area contributed by atoms with E-state index >= 15 is 0 Å². The van der Waals surface area contributed by atoms with Crippen LogP contribution in [0, 0.1) is 0 Å². The number of phosphoric acid groups is 2. The molecule has 0 aliphatic heterocycles. The molecular weight excluding hydrogens is 882 g/mol. The summed E-state index contributed by atoms with van der Waals surface area (Å²) in [6.07, 6.45) is 27.9. The Balaban J connectivity index is 2.63. The predicted molar refractivity (Wildman–Crippen MR) is 250 cm³/mol. The van der Waals surface area contributed by atoms with Gasteiger partial charge < -0.3 is 44.6 Å². The van der Waals surface area contributed by atoms with Crippen molar-refractivity contribution < 1.29 is 76.9 Å². The van der Waals surface area contributed by atoms with Gasteiger partial charge in [-0.1, -0.05) is 146 Å². The molecule has 378 valence electrons. The maximum Gasteiger partial charge on any atom is 0.472 e. The van der Waals surface area contributed by atoms with Gasteiger partial charge in [0.15, 0.2) is 6.10 Å². The molecule has 0 heterocycles. The SMILES string of the molecule is CCCCCCC=CCCCCCCCCCC(=O)OC[C@H](COP(=O)(O)O[C@H]1C(O)C(O)C(O)[C@@H](OP(=O)(O)O)C1O)OC(=O)CCCC=CCC=CCC=CCCCCCCCC. The maximum absolute atomic E-state index is 13.0. The molecule has 1 aliphatic carbocycles. The zero-order valence-electron chi connectivity index (χ0n) is 39.2. The van der Waals surface area contributed by atoms with Crippen molar-refractivity contribution >= 4 is 27.6 Å². The fraction of sp³-hybridized carbons (Fsp3) is 0.787. The summed E-state index contributed by atoms with van der Waals surface area (Å²) in [5, 5.41) is 41.2. The van der Waals surface area contributed by atoms with E-state index in [0.29, 0.717) is 19.3 Å². The molecule has 0 amide bonds. The molecule has 16 nitrogen and oxygen atoms in total. The molecule has 65 heavy (non-hydrogen) atoms. The van der Waals surface area contributed by atoms with Gasteiger partial charge in [-0.25, -0.2) is 9.13 Å². The number of aliphatic hydroxyl groups is 4. The fourth-order valence-electron chi connectivity index (χ4n) is 7.09. The smallest absolute Gasteiger partial charge is 0.462 e. The quantitative estimate of drug-likeness (QED) is 0.0131. The van der Waals surface area contributed by atoms with Crippen LogP contribution >= 0.6 is 15.6 Å². The Morgan fingerprint density at radius 2 is 0.908 bits per heavy atom. The highest BCUT2D eigenvalue weighted by atomic mass is 31.2. The van der Waals surface area contributed by atoms with Gasteiger partial charge >= 0.3 is 27.6 Å². The Morgan fingerprint density at radius 3 is 1.43 bits per heavy atom. The number of aliphatic hydroxyl groups excluding tert-OH is 4. The van der Waals surface area contributed by atoms with Crippen molar-refractivity contribution in [1.29, 1.82) is 0 Å². The van der Waals surface area contributed by atoms with Crippen molar-refractivity contribution in [3.8, 4) is 0 Å². The molecule has 0 radical (unpaired) electrons. The number of carbonyl (C=O) groups excluding carboxylic acids is 2. The van der Waals surface area contributed by atoms with Gasteiger partial charge in [-0.05, 0) is 70.6 Å².